The molecule has 1 aromatic carbocycles. The lowest BCUT2D eigenvalue weighted by molar-refractivity contribution is -0.122. The highest BCUT2D eigenvalue weighted by atomic mass is 16.6. The highest BCUT2D eigenvalue weighted by Gasteiger charge is 2.00. The summed E-state index contributed by atoms with van der Waals surface area (Å²) in [5, 5.41) is 2.38. The van der Waals surface area contributed by atoms with Crippen molar-refractivity contribution in [1.29, 1.82) is 0 Å². The number of rotatable bonds is 2. The molecule has 0 aliphatic heterocycles. The van der Waals surface area contributed by atoms with Crippen LogP contribution in [0.4, 0.5) is 10.5 Å². The summed E-state index contributed by atoms with van der Waals surface area (Å²) < 4.78 is 4.05. The molecule has 0 unspecified atom stereocenters. The van der Waals surface area contributed by atoms with Gasteiger partial charge in [-0.3, -0.25) is 10.1 Å². The average Bonchev–Trinajstić information content (AvgIpc) is 2.09. The third-order valence-electron chi connectivity index (χ3n) is 1.45. The molecule has 0 aliphatic carbocycles. The van der Waals surface area contributed by atoms with E-state index in [4.69, 9.17) is 0 Å². The number of carbonyl (C=O) groups excluding carboxylic acids is 2. The van der Waals surface area contributed by atoms with Gasteiger partial charge in [0.05, 0.1) is 0 Å². The largest absolute Gasteiger partial charge is 0.419 e. The molecule has 4 nitrogen and oxygen atoms in total. The van der Waals surface area contributed by atoms with Gasteiger partial charge in [0.25, 0.3) is 0 Å². The fraction of sp³-hybridized carbons (Fsp3) is 0.111. The molecule has 0 bridgehead atoms. The second kappa shape index (κ2) is 4.25. The maximum Gasteiger partial charge on any atom is 0.419 e. The highest BCUT2D eigenvalue weighted by molar-refractivity contribution is 5.88. The molecule has 0 saturated carbocycles. The van der Waals surface area contributed by atoms with Gasteiger partial charge in [0.15, 0.2) is 0 Å². The quantitative estimate of drug-likeness (QED) is 0.555. The van der Waals surface area contributed by atoms with Crippen molar-refractivity contribution in [1.82, 2.24) is 0 Å². The Morgan fingerprint density at radius 1 is 1.38 bits per heavy atom. The molecule has 0 radical (unpaired) electrons. The van der Waals surface area contributed by atoms with E-state index in [0.717, 1.165) is 5.56 Å². The molecule has 0 atom stereocenters. The van der Waals surface area contributed by atoms with Crippen LogP contribution in [0, 0.1) is 6.92 Å². The number of amides is 1. The van der Waals surface area contributed by atoms with E-state index >= 15 is 0 Å². The van der Waals surface area contributed by atoms with E-state index in [-0.39, 0.29) is 6.47 Å². The van der Waals surface area contributed by atoms with Crippen LogP contribution in [0.2, 0.25) is 0 Å². The minimum absolute atomic E-state index is 0.0868. The van der Waals surface area contributed by atoms with Gasteiger partial charge >= 0.3 is 12.6 Å². The predicted octanol–water partition coefficient (Wildman–Crippen LogP) is 1.70. The minimum atomic E-state index is -0.779. The molecule has 0 saturated heterocycles. The second-order valence-electron chi connectivity index (χ2n) is 2.49. The highest BCUT2D eigenvalue weighted by Crippen LogP contribution is 2.08. The standard InChI is InChI=1S/C9H9NO3/c1-7-2-4-8(5-3-7)10-9(12)13-6-11/h2-6H,1H3,(H,10,12). The van der Waals surface area contributed by atoms with Crippen molar-refractivity contribution in [2.24, 2.45) is 0 Å². The molecule has 0 heterocycles. The molecule has 0 fully saturated rings. The Morgan fingerprint density at radius 2 is 2.00 bits per heavy atom. The Labute approximate surface area is 75.5 Å². The molecular formula is C9H9NO3. The zero-order chi connectivity index (χ0) is 9.68. The van der Waals surface area contributed by atoms with Gasteiger partial charge in [-0.15, -0.1) is 0 Å². The first-order valence-corrected chi connectivity index (χ1v) is 3.70. The van der Waals surface area contributed by atoms with Crippen molar-refractivity contribution in [3.05, 3.63) is 29.8 Å². The van der Waals surface area contributed by atoms with Crippen LogP contribution in [0.15, 0.2) is 24.3 Å². The molecule has 4 heteroatoms. The summed E-state index contributed by atoms with van der Waals surface area (Å²) in [4.78, 5) is 20.5. The fourth-order valence-corrected chi connectivity index (χ4v) is 0.828. The lowest BCUT2D eigenvalue weighted by Crippen LogP contribution is -2.12. The van der Waals surface area contributed by atoms with E-state index in [1.54, 1.807) is 12.1 Å². The maximum atomic E-state index is 10.7. The Kier molecular flexibility index (Phi) is 3.03. The van der Waals surface area contributed by atoms with E-state index in [0.29, 0.717) is 5.69 Å². The normalized spacial score (nSPS) is 9.00. The summed E-state index contributed by atoms with van der Waals surface area (Å²) >= 11 is 0. The SMILES string of the molecule is Cc1ccc(NC(=O)OC=O)cc1. The van der Waals surface area contributed by atoms with Gasteiger partial charge in [-0.2, -0.15) is 0 Å². The van der Waals surface area contributed by atoms with Gasteiger partial charge in [0.1, 0.15) is 0 Å². The molecule has 1 N–H and O–H groups in total. The zero-order valence-corrected chi connectivity index (χ0v) is 7.11. The summed E-state index contributed by atoms with van der Waals surface area (Å²) in [5.74, 6) is 0. The number of aryl methyl sites for hydroxylation is 1. The Morgan fingerprint density at radius 3 is 2.54 bits per heavy atom. The van der Waals surface area contributed by atoms with Gasteiger partial charge < -0.3 is 4.74 Å². The molecule has 0 aromatic heterocycles. The summed E-state index contributed by atoms with van der Waals surface area (Å²) in [5.41, 5.74) is 1.69. The van der Waals surface area contributed by atoms with Crippen molar-refractivity contribution >= 4 is 18.3 Å². The number of carbonyl (C=O) groups is 2. The first-order valence-electron chi connectivity index (χ1n) is 3.70. The Balaban J connectivity index is 2.59. The Hall–Kier alpha value is -1.84. The van der Waals surface area contributed by atoms with Crippen LogP contribution >= 0.6 is 0 Å². The maximum absolute atomic E-state index is 10.7. The van der Waals surface area contributed by atoms with E-state index < -0.39 is 6.09 Å². The Bertz CT molecular complexity index is 305. The lowest BCUT2D eigenvalue weighted by atomic mass is 10.2. The monoisotopic (exact) mass is 179 g/mol. The average molecular weight is 179 g/mol. The van der Waals surface area contributed by atoms with Gasteiger partial charge in [-0.05, 0) is 19.1 Å². The van der Waals surface area contributed by atoms with Crippen molar-refractivity contribution in [2.45, 2.75) is 6.92 Å². The van der Waals surface area contributed by atoms with Crippen LogP contribution in [-0.4, -0.2) is 12.6 Å². The van der Waals surface area contributed by atoms with Crippen molar-refractivity contribution in [3.8, 4) is 0 Å². The van der Waals surface area contributed by atoms with E-state index in [1.807, 2.05) is 19.1 Å². The van der Waals surface area contributed by atoms with Crippen molar-refractivity contribution < 1.29 is 14.3 Å². The molecule has 0 aliphatic rings. The van der Waals surface area contributed by atoms with Crippen LogP contribution in [-0.2, 0) is 9.53 Å². The number of anilines is 1. The summed E-state index contributed by atoms with van der Waals surface area (Å²) in [7, 11) is 0. The smallest absolute Gasteiger partial charge is 0.378 e. The third kappa shape index (κ3) is 2.94. The molecule has 1 rings (SSSR count). The van der Waals surface area contributed by atoms with Crippen molar-refractivity contribution in [2.75, 3.05) is 5.32 Å². The first kappa shape index (κ1) is 9.25. The molecule has 1 amide bonds. The number of ether oxygens (including phenoxy) is 1. The minimum Gasteiger partial charge on any atom is -0.378 e. The molecule has 0 spiro atoms. The van der Waals surface area contributed by atoms with Gasteiger partial charge in [-0.25, -0.2) is 4.79 Å². The number of hydrogen-bond donors (Lipinski definition) is 1. The van der Waals surface area contributed by atoms with Gasteiger partial charge in [-0.1, -0.05) is 17.7 Å². The molecule has 68 valence electrons. The molecule has 1 aromatic rings. The summed E-state index contributed by atoms with van der Waals surface area (Å²) in [6, 6.07) is 7.13. The summed E-state index contributed by atoms with van der Waals surface area (Å²) in [6.45, 7) is 2.02. The van der Waals surface area contributed by atoms with Crippen LogP contribution in [0.1, 0.15) is 5.56 Å². The van der Waals surface area contributed by atoms with Crippen LogP contribution < -0.4 is 5.32 Å². The molecular weight excluding hydrogens is 170 g/mol. The number of hydrogen-bond acceptors (Lipinski definition) is 3. The third-order valence-corrected chi connectivity index (χ3v) is 1.45. The zero-order valence-electron chi connectivity index (χ0n) is 7.11. The van der Waals surface area contributed by atoms with Crippen molar-refractivity contribution in [3.63, 3.8) is 0 Å². The number of benzene rings is 1. The van der Waals surface area contributed by atoms with E-state index in [9.17, 15) is 9.59 Å². The van der Waals surface area contributed by atoms with Gasteiger partial charge in [0, 0.05) is 5.69 Å². The molecule has 13 heavy (non-hydrogen) atoms. The van der Waals surface area contributed by atoms with Crippen LogP contribution in [0.3, 0.4) is 0 Å². The van der Waals surface area contributed by atoms with E-state index in [1.165, 1.54) is 0 Å². The predicted molar refractivity (Wildman–Crippen MR) is 47.3 cm³/mol. The first-order chi connectivity index (χ1) is 6.22. The fourth-order valence-electron chi connectivity index (χ4n) is 0.828. The number of nitrogens with one attached hydrogen (secondary N) is 1. The van der Waals surface area contributed by atoms with Crippen LogP contribution in [0.25, 0.3) is 0 Å². The van der Waals surface area contributed by atoms with Crippen LogP contribution in [0.5, 0.6) is 0 Å². The van der Waals surface area contributed by atoms with Gasteiger partial charge in [0.2, 0.25) is 0 Å². The van der Waals surface area contributed by atoms with E-state index in [2.05, 4.69) is 10.1 Å². The lowest BCUT2D eigenvalue weighted by Gasteiger charge is -2.01. The second-order valence-corrected chi connectivity index (χ2v) is 2.49. The summed E-state index contributed by atoms with van der Waals surface area (Å²) in [6.07, 6.45) is -0.779. The topological polar surface area (TPSA) is 55.4 Å².